The lowest BCUT2D eigenvalue weighted by Crippen LogP contribution is -2.38. The van der Waals surface area contributed by atoms with Gasteiger partial charge in [0.05, 0.1) is 41.9 Å². The van der Waals surface area contributed by atoms with Gasteiger partial charge >= 0.3 is 11.7 Å². The number of nitro groups is 1. The number of fused-ring (bicyclic) bond motifs is 1. The Kier molecular flexibility index (Phi) is 6.37. The minimum atomic E-state index is -0.879. The fourth-order valence-electron chi connectivity index (χ4n) is 4.39. The van der Waals surface area contributed by atoms with Gasteiger partial charge in [-0.25, -0.2) is 4.79 Å². The van der Waals surface area contributed by atoms with Crippen LogP contribution < -0.4 is 10.1 Å². The van der Waals surface area contributed by atoms with Gasteiger partial charge in [0.25, 0.3) is 11.8 Å². The molecule has 2 heterocycles. The summed E-state index contributed by atoms with van der Waals surface area (Å²) in [5.74, 6) is -2.52. The molecule has 0 aliphatic carbocycles. The molecular formula is C25H23N3O7. The van der Waals surface area contributed by atoms with Crippen LogP contribution in [0.25, 0.3) is 0 Å². The second-order valence-corrected chi connectivity index (χ2v) is 7.96. The molecule has 0 spiro atoms. The molecule has 2 aromatic carbocycles. The van der Waals surface area contributed by atoms with Crippen LogP contribution in [0.4, 0.5) is 5.69 Å². The first-order valence-corrected chi connectivity index (χ1v) is 10.9. The van der Waals surface area contributed by atoms with E-state index in [-0.39, 0.29) is 52.5 Å². The number of carbonyl (C=O) groups excluding carboxylic acids is 3. The number of carbonyl (C=O) groups is 3. The lowest BCUT2D eigenvalue weighted by molar-refractivity contribution is -0.386. The summed E-state index contributed by atoms with van der Waals surface area (Å²) >= 11 is 0. The zero-order valence-corrected chi connectivity index (χ0v) is 19.4. The monoisotopic (exact) mass is 477 g/mol. The quantitative estimate of drug-likeness (QED) is 0.278. The van der Waals surface area contributed by atoms with Crippen molar-refractivity contribution in [2.75, 3.05) is 20.3 Å². The van der Waals surface area contributed by atoms with E-state index < -0.39 is 28.6 Å². The molecule has 1 N–H and O–H groups in total. The normalized spacial score (nSPS) is 17.1. The Morgan fingerprint density at radius 3 is 2.34 bits per heavy atom. The maximum atomic E-state index is 13.2. The number of esters is 1. The number of methoxy groups -OCH3 is 1. The lowest BCUT2D eigenvalue weighted by atomic mass is 9.85. The average Bonchev–Trinajstić information content (AvgIpc) is 3.08. The maximum absolute atomic E-state index is 13.2. The summed E-state index contributed by atoms with van der Waals surface area (Å²) in [4.78, 5) is 51.5. The van der Waals surface area contributed by atoms with Crippen molar-refractivity contribution >= 4 is 23.5 Å². The molecule has 1 atom stereocenters. The number of nitrogens with one attached hydrogen (secondary N) is 1. The van der Waals surface area contributed by atoms with Gasteiger partial charge in [0.15, 0.2) is 5.75 Å². The van der Waals surface area contributed by atoms with Crippen LogP contribution in [0.1, 0.15) is 46.0 Å². The van der Waals surface area contributed by atoms with E-state index in [2.05, 4.69) is 5.32 Å². The molecule has 0 saturated heterocycles. The van der Waals surface area contributed by atoms with E-state index in [9.17, 15) is 24.5 Å². The van der Waals surface area contributed by atoms with E-state index >= 15 is 0 Å². The van der Waals surface area contributed by atoms with Crippen molar-refractivity contribution in [3.05, 3.63) is 92.3 Å². The van der Waals surface area contributed by atoms with E-state index in [0.29, 0.717) is 5.70 Å². The number of nitro benzene ring substituents is 1. The fraction of sp³-hybridized carbons (Fsp3) is 0.240. The van der Waals surface area contributed by atoms with Gasteiger partial charge in [0, 0.05) is 22.9 Å². The molecule has 10 nitrogen and oxygen atoms in total. The topological polar surface area (TPSA) is 128 Å². The number of para-hydroxylation sites is 1. The minimum absolute atomic E-state index is 0.0437. The molecule has 0 fully saturated rings. The molecule has 0 aromatic heterocycles. The Labute approximate surface area is 201 Å². The third-order valence-corrected chi connectivity index (χ3v) is 5.86. The summed E-state index contributed by atoms with van der Waals surface area (Å²) in [6.45, 7) is 3.20. The highest BCUT2D eigenvalue weighted by atomic mass is 16.6. The van der Waals surface area contributed by atoms with Gasteiger partial charge in [-0.2, -0.15) is 0 Å². The zero-order chi connectivity index (χ0) is 25.3. The smallest absolute Gasteiger partial charge is 0.336 e. The summed E-state index contributed by atoms with van der Waals surface area (Å²) in [5, 5.41) is 15.0. The lowest BCUT2D eigenvalue weighted by Gasteiger charge is -2.29. The number of rotatable bonds is 7. The van der Waals surface area contributed by atoms with E-state index in [1.807, 2.05) is 0 Å². The van der Waals surface area contributed by atoms with Crippen LogP contribution in [0.5, 0.6) is 5.75 Å². The highest BCUT2D eigenvalue weighted by molar-refractivity contribution is 6.21. The van der Waals surface area contributed by atoms with E-state index in [1.54, 1.807) is 56.3 Å². The Hall–Kier alpha value is -4.47. The molecule has 2 amide bonds. The van der Waals surface area contributed by atoms with E-state index in [4.69, 9.17) is 9.47 Å². The third kappa shape index (κ3) is 4.14. The summed E-state index contributed by atoms with van der Waals surface area (Å²) in [5.41, 5.74) is 1.40. The molecule has 0 radical (unpaired) electrons. The highest BCUT2D eigenvalue weighted by Crippen LogP contribution is 2.42. The average molecular weight is 477 g/mol. The Morgan fingerprint density at radius 1 is 1.11 bits per heavy atom. The minimum Gasteiger partial charge on any atom is -0.490 e. The molecule has 0 saturated carbocycles. The van der Waals surface area contributed by atoms with Gasteiger partial charge in [0.2, 0.25) is 0 Å². The van der Waals surface area contributed by atoms with Gasteiger partial charge < -0.3 is 14.8 Å². The first-order chi connectivity index (χ1) is 16.8. The molecule has 4 rings (SSSR count). The molecule has 35 heavy (non-hydrogen) atoms. The van der Waals surface area contributed by atoms with Gasteiger partial charge in [0.1, 0.15) is 0 Å². The van der Waals surface area contributed by atoms with Gasteiger partial charge in [-0.15, -0.1) is 0 Å². The van der Waals surface area contributed by atoms with Crippen LogP contribution in [-0.4, -0.2) is 47.9 Å². The number of ether oxygens (including phenoxy) is 2. The van der Waals surface area contributed by atoms with Crippen LogP contribution >= 0.6 is 0 Å². The summed E-state index contributed by atoms with van der Waals surface area (Å²) in [6, 6.07) is 11.1. The first kappa shape index (κ1) is 23.7. The number of hydrogen-bond acceptors (Lipinski definition) is 8. The van der Waals surface area contributed by atoms with Crippen molar-refractivity contribution in [2.24, 2.45) is 0 Å². The number of benzene rings is 2. The molecule has 10 heteroatoms. The molecule has 180 valence electrons. The first-order valence-electron chi connectivity index (χ1n) is 10.9. The largest absolute Gasteiger partial charge is 0.490 e. The Morgan fingerprint density at radius 2 is 1.77 bits per heavy atom. The predicted octanol–water partition coefficient (Wildman–Crippen LogP) is 3.31. The van der Waals surface area contributed by atoms with Gasteiger partial charge in [-0.3, -0.25) is 24.6 Å². The van der Waals surface area contributed by atoms with Crippen LogP contribution in [0.3, 0.4) is 0 Å². The van der Waals surface area contributed by atoms with Crippen molar-refractivity contribution in [3.8, 4) is 5.75 Å². The van der Waals surface area contributed by atoms with Crippen LogP contribution in [0.15, 0.2) is 65.5 Å². The standard InChI is InChI=1S/C25H23N3O7/c1-4-35-25(31)21-18(15-10-7-11-20(34-3)22(15)28(32)33)12-14(2)26-19(21)13-27-23(29)16-8-5-6-9-17(16)24(27)30/h5-12,18,26H,4,13H2,1-3H3. The molecular weight excluding hydrogens is 454 g/mol. The van der Waals surface area contributed by atoms with Crippen LogP contribution in [-0.2, 0) is 9.53 Å². The summed E-state index contributed by atoms with van der Waals surface area (Å²) in [6.07, 6.45) is 1.67. The molecule has 0 bridgehead atoms. The van der Waals surface area contributed by atoms with Crippen molar-refractivity contribution in [1.29, 1.82) is 0 Å². The van der Waals surface area contributed by atoms with Gasteiger partial charge in [-0.1, -0.05) is 30.3 Å². The second kappa shape index (κ2) is 9.41. The zero-order valence-electron chi connectivity index (χ0n) is 19.4. The SMILES string of the molecule is CCOC(=O)C1=C(CN2C(=O)c3ccccc3C2=O)NC(C)=CC1c1cccc(OC)c1[N+](=O)[O-]. The number of amides is 2. The molecule has 2 aliphatic heterocycles. The van der Waals surface area contributed by atoms with Crippen molar-refractivity contribution in [3.63, 3.8) is 0 Å². The van der Waals surface area contributed by atoms with Crippen molar-refractivity contribution in [2.45, 2.75) is 19.8 Å². The number of nitrogens with zero attached hydrogens (tertiary/aromatic N) is 2. The van der Waals surface area contributed by atoms with Gasteiger partial charge in [-0.05, 0) is 32.0 Å². The molecule has 2 aliphatic rings. The fourth-order valence-corrected chi connectivity index (χ4v) is 4.39. The van der Waals surface area contributed by atoms with Crippen LogP contribution in [0, 0.1) is 10.1 Å². The Balaban J connectivity index is 1.85. The maximum Gasteiger partial charge on any atom is 0.336 e. The molecule has 1 unspecified atom stereocenters. The third-order valence-electron chi connectivity index (χ3n) is 5.86. The van der Waals surface area contributed by atoms with Crippen molar-refractivity contribution in [1.82, 2.24) is 10.2 Å². The summed E-state index contributed by atoms with van der Waals surface area (Å²) in [7, 11) is 1.32. The Bertz CT molecular complexity index is 1280. The number of allylic oxidation sites excluding steroid dienone is 2. The summed E-state index contributed by atoms with van der Waals surface area (Å²) < 4.78 is 10.5. The second-order valence-electron chi connectivity index (χ2n) is 7.96. The van der Waals surface area contributed by atoms with Crippen molar-refractivity contribution < 1.29 is 28.8 Å². The number of dihydropyridines is 1. The molecule has 2 aromatic rings. The van der Waals surface area contributed by atoms with Crippen LogP contribution in [0.2, 0.25) is 0 Å². The predicted molar refractivity (Wildman–Crippen MR) is 125 cm³/mol. The van der Waals surface area contributed by atoms with E-state index in [1.165, 1.54) is 13.2 Å². The highest BCUT2D eigenvalue weighted by Gasteiger charge is 2.39. The number of hydrogen-bond donors (Lipinski definition) is 1. The van der Waals surface area contributed by atoms with E-state index in [0.717, 1.165) is 4.90 Å². The number of imide groups is 1.